The number of amides is 1. The maximum absolute atomic E-state index is 12.6. The van der Waals surface area contributed by atoms with E-state index in [2.05, 4.69) is 5.48 Å². The zero-order valence-corrected chi connectivity index (χ0v) is 14.8. The average molecular weight is 375 g/mol. The first kappa shape index (κ1) is 17.6. The van der Waals surface area contributed by atoms with Crippen molar-refractivity contribution in [3.05, 3.63) is 95.6 Å². The van der Waals surface area contributed by atoms with Crippen molar-refractivity contribution < 1.29 is 23.9 Å². The third-order valence-electron chi connectivity index (χ3n) is 4.26. The summed E-state index contributed by atoms with van der Waals surface area (Å²) in [6.45, 7) is 0. The van der Waals surface area contributed by atoms with Gasteiger partial charge in [-0.15, -0.1) is 0 Å². The van der Waals surface area contributed by atoms with E-state index >= 15 is 0 Å². The molecule has 0 spiro atoms. The van der Waals surface area contributed by atoms with E-state index in [0.717, 1.165) is 11.1 Å². The van der Waals surface area contributed by atoms with Crippen molar-refractivity contribution >= 4 is 11.9 Å². The Bertz CT molecular complexity index is 955. The number of fused-ring (bicyclic) bond motifs is 2. The molecular formula is C22H17NO5. The maximum atomic E-state index is 12.6. The normalized spacial score (nSPS) is 12.9. The molecule has 28 heavy (non-hydrogen) atoms. The lowest BCUT2D eigenvalue weighted by Gasteiger charge is -2.25. The van der Waals surface area contributed by atoms with Gasteiger partial charge in [0.1, 0.15) is 11.5 Å². The second-order valence-electron chi connectivity index (χ2n) is 6.18. The summed E-state index contributed by atoms with van der Waals surface area (Å²) in [6, 6.07) is 23.2. The van der Waals surface area contributed by atoms with E-state index in [0.29, 0.717) is 23.5 Å². The molecule has 4 rings (SSSR count). The molecule has 0 aromatic heterocycles. The minimum atomic E-state index is -1.31. The van der Waals surface area contributed by atoms with Gasteiger partial charge in [-0.05, 0) is 35.4 Å². The largest absolute Gasteiger partial charge is 0.446 e. The number of nitrogens with one attached hydrogen (secondary N) is 1. The van der Waals surface area contributed by atoms with Crippen LogP contribution >= 0.6 is 0 Å². The van der Waals surface area contributed by atoms with Crippen molar-refractivity contribution in [2.45, 2.75) is 12.7 Å². The van der Waals surface area contributed by atoms with Crippen LogP contribution in [0.15, 0.2) is 78.9 Å². The van der Waals surface area contributed by atoms with Crippen LogP contribution in [0, 0.1) is 0 Å². The summed E-state index contributed by atoms with van der Waals surface area (Å²) in [5.41, 5.74) is 4.30. The first-order valence-electron chi connectivity index (χ1n) is 8.76. The van der Waals surface area contributed by atoms with Gasteiger partial charge in [-0.2, -0.15) is 5.48 Å². The van der Waals surface area contributed by atoms with E-state index in [-0.39, 0.29) is 0 Å². The van der Waals surface area contributed by atoms with Crippen molar-refractivity contribution in [1.29, 1.82) is 0 Å². The molecule has 140 valence electrons. The van der Waals surface area contributed by atoms with Crippen molar-refractivity contribution in [2.24, 2.45) is 0 Å². The number of benzene rings is 3. The highest BCUT2D eigenvalue weighted by Crippen LogP contribution is 2.30. The lowest BCUT2D eigenvalue weighted by Crippen LogP contribution is -2.43. The van der Waals surface area contributed by atoms with Gasteiger partial charge >= 0.3 is 18.2 Å². The summed E-state index contributed by atoms with van der Waals surface area (Å²) >= 11 is 0. The lowest BCUT2D eigenvalue weighted by atomic mass is 10.0. The van der Waals surface area contributed by atoms with Gasteiger partial charge in [0.25, 0.3) is 0 Å². The second kappa shape index (κ2) is 7.84. The van der Waals surface area contributed by atoms with Crippen LogP contribution in [0.5, 0.6) is 11.5 Å². The molecule has 3 aromatic carbocycles. The molecule has 0 fully saturated rings. The van der Waals surface area contributed by atoms with Crippen molar-refractivity contribution in [3.63, 3.8) is 0 Å². The van der Waals surface area contributed by atoms with Crippen molar-refractivity contribution in [2.75, 3.05) is 0 Å². The molecule has 1 N–H and O–H groups in total. The molecule has 0 saturated heterocycles. The number of para-hydroxylation sites is 2. The Morgan fingerprint density at radius 1 is 0.786 bits per heavy atom. The fourth-order valence-corrected chi connectivity index (χ4v) is 2.87. The molecule has 0 radical (unpaired) electrons. The third kappa shape index (κ3) is 3.81. The van der Waals surface area contributed by atoms with Gasteiger partial charge in [0.05, 0.1) is 5.56 Å². The van der Waals surface area contributed by atoms with Gasteiger partial charge < -0.3 is 14.3 Å². The minimum absolute atomic E-state index is 0.318. The number of rotatable bonds is 2. The third-order valence-corrected chi connectivity index (χ3v) is 4.26. The molecule has 0 aliphatic carbocycles. The van der Waals surface area contributed by atoms with Gasteiger partial charge in [0.15, 0.2) is 0 Å². The Morgan fingerprint density at radius 2 is 1.32 bits per heavy atom. The zero-order valence-electron chi connectivity index (χ0n) is 14.8. The topological polar surface area (TPSA) is 73.9 Å². The SMILES string of the molecule is O=C(ONC(=O)C1Oc2ccccc2Cc2ccccc2O1)c1ccccc1. The van der Waals surface area contributed by atoms with Gasteiger partial charge in [-0.3, -0.25) is 4.79 Å². The van der Waals surface area contributed by atoms with Crippen LogP contribution in [-0.4, -0.2) is 18.2 Å². The van der Waals surface area contributed by atoms with Gasteiger partial charge in [0, 0.05) is 6.42 Å². The number of carbonyl (C=O) groups excluding carboxylic acids is 2. The molecule has 0 atom stereocenters. The highest BCUT2D eigenvalue weighted by Gasteiger charge is 2.28. The lowest BCUT2D eigenvalue weighted by molar-refractivity contribution is -0.150. The molecule has 1 aliphatic heterocycles. The van der Waals surface area contributed by atoms with Gasteiger partial charge in [-0.1, -0.05) is 54.6 Å². The minimum Gasteiger partial charge on any atom is -0.446 e. The Morgan fingerprint density at radius 3 is 1.93 bits per heavy atom. The van der Waals surface area contributed by atoms with Crippen LogP contribution in [0.3, 0.4) is 0 Å². The van der Waals surface area contributed by atoms with E-state index in [1.165, 1.54) is 0 Å². The molecule has 0 bridgehead atoms. The number of carbonyl (C=O) groups is 2. The summed E-state index contributed by atoms with van der Waals surface area (Å²) < 4.78 is 11.5. The summed E-state index contributed by atoms with van der Waals surface area (Å²) in [5.74, 6) is -0.338. The van der Waals surface area contributed by atoms with Crippen LogP contribution in [0.25, 0.3) is 0 Å². The Labute approximate surface area is 161 Å². The predicted octanol–water partition coefficient (Wildman–Crippen LogP) is 3.26. The second-order valence-corrected chi connectivity index (χ2v) is 6.18. The Kier molecular flexibility index (Phi) is 4.93. The Balaban J connectivity index is 1.53. The number of ether oxygens (including phenoxy) is 2. The smallest absolute Gasteiger partial charge is 0.362 e. The monoisotopic (exact) mass is 375 g/mol. The highest BCUT2D eigenvalue weighted by molar-refractivity contribution is 5.90. The van der Waals surface area contributed by atoms with Gasteiger partial charge in [-0.25, -0.2) is 4.79 Å². The maximum Gasteiger partial charge on any atom is 0.362 e. The summed E-state index contributed by atoms with van der Waals surface area (Å²) in [4.78, 5) is 29.5. The number of hydrogen-bond donors (Lipinski definition) is 1. The van der Waals surface area contributed by atoms with Crippen LogP contribution in [-0.2, 0) is 16.1 Å². The van der Waals surface area contributed by atoms with Crippen molar-refractivity contribution in [1.82, 2.24) is 5.48 Å². The van der Waals surface area contributed by atoms with Crippen LogP contribution in [0.2, 0.25) is 0 Å². The molecular weight excluding hydrogens is 358 g/mol. The predicted molar refractivity (Wildman–Crippen MR) is 101 cm³/mol. The average Bonchev–Trinajstić information content (AvgIpc) is 2.72. The Hall–Kier alpha value is -3.80. The molecule has 1 heterocycles. The first-order valence-corrected chi connectivity index (χ1v) is 8.76. The fourth-order valence-electron chi connectivity index (χ4n) is 2.87. The van der Waals surface area contributed by atoms with Crippen molar-refractivity contribution in [3.8, 4) is 11.5 Å². The first-order chi connectivity index (χ1) is 13.7. The molecule has 3 aromatic rings. The molecule has 1 aliphatic rings. The molecule has 0 unspecified atom stereocenters. The molecule has 0 saturated carbocycles. The highest BCUT2D eigenvalue weighted by atomic mass is 16.7. The fraction of sp³-hybridized carbons (Fsp3) is 0.0909. The summed E-state index contributed by atoms with van der Waals surface area (Å²) in [5, 5.41) is 0. The quantitative estimate of drug-likeness (QED) is 0.696. The van der Waals surface area contributed by atoms with Crippen LogP contribution < -0.4 is 15.0 Å². The van der Waals surface area contributed by atoms with E-state index < -0.39 is 18.2 Å². The summed E-state index contributed by atoms with van der Waals surface area (Å²) in [6.07, 6.45) is -0.699. The van der Waals surface area contributed by atoms with E-state index in [1.54, 1.807) is 42.5 Å². The van der Waals surface area contributed by atoms with Crippen LogP contribution in [0.4, 0.5) is 0 Å². The molecule has 1 amide bonds. The molecule has 6 nitrogen and oxygen atoms in total. The number of hydroxylamine groups is 1. The molecule has 6 heteroatoms. The van der Waals surface area contributed by atoms with E-state index in [9.17, 15) is 9.59 Å². The number of hydrogen-bond acceptors (Lipinski definition) is 5. The van der Waals surface area contributed by atoms with E-state index in [4.69, 9.17) is 14.3 Å². The zero-order chi connectivity index (χ0) is 19.3. The van der Waals surface area contributed by atoms with Crippen LogP contribution in [0.1, 0.15) is 21.5 Å². The summed E-state index contributed by atoms with van der Waals surface area (Å²) in [7, 11) is 0. The van der Waals surface area contributed by atoms with E-state index in [1.807, 2.05) is 36.4 Å². The van der Waals surface area contributed by atoms with Gasteiger partial charge in [0.2, 0.25) is 0 Å². The standard InChI is InChI=1S/C22H17NO5/c24-20(23-28-21(25)15-8-2-1-3-9-15)22-26-18-12-6-4-10-16(18)14-17-11-5-7-13-19(17)27-22/h1-13,22H,14H2,(H,23,24).